The van der Waals surface area contributed by atoms with Crippen molar-refractivity contribution in [2.24, 2.45) is 0 Å². The van der Waals surface area contributed by atoms with Crippen molar-refractivity contribution in [2.75, 3.05) is 36.0 Å². The molecule has 0 aliphatic carbocycles. The van der Waals surface area contributed by atoms with Gasteiger partial charge in [-0.05, 0) is 23.3 Å². The summed E-state index contributed by atoms with van der Waals surface area (Å²) in [4.78, 5) is 16.3. The molecule has 0 atom stereocenters. The Morgan fingerprint density at radius 3 is 2.14 bits per heavy atom. The van der Waals surface area contributed by atoms with Crippen LogP contribution in [0.25, 0.3) is 10.8 Å². The monoisotopic (exact) mass is 465 g/mol. The summed E-state index contributed by atoms with van der Waals surface area (Å²) in [5.74, 6) is 1.05. The van der Waals surface area contributed by atoms with Crippen LogP contribution in [0.1, 0.15) is 30.2 Å². The number of anilines is 2. The molecular weight excluding hydrogens is 434 g/mol. The van der Waals surface area contributed by atoms with Crippen molar-refractivity contribution in [3.8, 4) is 0 Å². The molecular formula is C29H31N5O. The maximum atomic E-state index is 11.5. The minimum atomic E-state index is 0.0777. The Kier molecular flexibility index (Phi) is 6.89. The highest BCUT2D eigenvalue weighted by atomic mass is 16.1. The molecule has 0 unspecified atom stereocenters. The van der Waals surface area contributed by atoms with Crippen LogP contribution in [0.3, 0.4) is 0 Å². The van der Waals surface area contributed by atoms with Gasteiger partial charge < -0.3 is 15.1 Å². The summed E-state index contributed by atoms with van der Waals surface area (Å²) in [6, 6.07) is 27.4. The fraction of sp³-hybridized carbons (Fsp3) is 0.276. The molecule has 1 N–H and O–H groups in total. The van der Waals surface area contributed by atoms with E-state index in [9.17, 15) is 4.79 Å². The lowest BCUT2D eigenvalue weighted by atomic mass is 10.0. The van der Waals surface area contributed by atoms with Crippen molar-refractivity contribution in [1.29, 1.82) is 0 Å². The molecule has 5 rings (SSSR count). The molecule has 0 radical (unpaired) electrons. The number of rotatable bonds is 7. The third kappa shape index (κ3) is 5.27. The fourth-order valence-electron chi connectivity index (χ4n) is 4.63. The zero-order chi connectivity index (χ0) is 24.0. The molecule has 1 fully saturated rings. The smallest absolute Gasteiger partial charge is 0.219 e. The van der Waals surface area contributed by atoms with E-state index in [-0.39, 0.29) is 5.91 Å². The zero-order valence-corrected chi connectivity index (χ0v) is 20.2. The summed E-state index contributed by atoms with van der Waals surface area (Å²) in [5, 5.41) is 14.6. The van der Waals surface area contributed by atoms with E-state index >= 15 is 0 Å². The number of nitrogens with zero attached hydrogens (tertiary/aromatic N) is 4. The van der Waals surface area contributed by atoms with E-state index < -0.39 is 0 Å². The first-order chi connectivity index (χ1) is 17.2. The van der Waals surface area contributed by atoms with Gasteiger partial charge in [-0.25, -0.2) is 0 Å². The van der Waals surface area contributed by atoms with E-state index in [1.807, 2.05) is 13.0 Å². The first-order valence-corrected chi connectivity index (χ1v) is 12.3. The predicted octanol–water partition coefficient (Wildman–Crippen LogP) is 4.57. The fourth-order valence-corrected chi connectivity index (χ4v) is 4.63. The quantitative estimate of drug-likeness (QED) is 0.433. The predicted molar refractivity (Wildman–Crippen MR) is 142 cm³/mol. The van der Waals surface area contributed by atoms with Gasteiger partial charge in [-0.2, -0.15) is 5.10 Å². The minimum Gasteiger partial charge on any atom is -0.368 e. The van der Waals surface area contributed by atoms with E-state index in [0.29, 0.717) is 13.0 Å². The molecule has 1 amide bonds. The van der Waals surface area contributed by atoms with Crippen LogP contribution in [0.2, 0.25) is 0 Å². The summed E-state index contributed by atoms with van der Waals surface area (Å²) in [6.07, 6.45) is 1.29. The molecule has 1 aliphatic rings. The van der Waals surface area contributed by atoms with Gasteiger partial charge in [0.15, 0.2) is 5.82 Å². The minimum absolute atomic E-state index is 0.0777. The summed E-state index contributed by atoms with van der Waals surface area (Å²) < 4.78 is 0. The Hall–Kier alpha value is -3.93. The van der Waals surface area contributed by atoms with Crippen LogP contribution in [0.15, 0.2) is 78.9 Å². The number of benzene rings is 3. The van der Waals surface area contributed by atoms with Crippen LogP contribution in [-0.2, 0) is 17.8 Å². The van der Waals surface area contributed by atoms with E-state index in [0.717, 1.165) is 49.7 Å². The van der Waals surface area contributed by atoms with Gasteiger partial charge in [0.2, 0.25) is 5.91 Å². The van der Waals surface area contributed by atoms with Crippen molar-refractivity contribution in [1.82, 2.24) is 15.5 Å². The largest absolute Gasteiger partial charge is 0.368 e. The second-order valence-electron chi connectivity index (χ2n) is 8.95. The van der Waals surface area contributed by atoms with Crippen molar-refractivity contribution >= 4 is 28.2 Å². The highest BCUT2D eigenvalue weighted by molar-refractivity contribution is 5.93. The molecule has 6 nitrogen and oxygen atoms in total. The molecule has 1 aliphatic heterocycles. The summed E-state index contributed by atoms with van der Waals surface area (Å²) in [6.45, 7) is 6.08. The number of hydrogen-bond donors (Lipinski definition) is 1. The number of carbonyl (C=O) groups is 1. The number of amides is 1. The van der Waals surface area contributed by atoms with Gasteiger partial charge in [-0.1, -0.05) is 73.7 Å². The van der Waals surface area contributed by atoms with Crippen molar-refractivity contribution in [3.05, 3.63) is 95.7 Å². The topological polar surface area (TPSA) is 61.4 Å². The molecule has 1 saturated heterocycles. The second kappa shape index (κ2) is 10.6. The molecule has 35 heavy (non-hydrogen) atoms. The van der Waals surface area contributed by atoms with Gasteiger partial charge in [0.25, 0.3) is 0 Å². The Balaban J connectivity index is 1.27. The van der Waals surface area contributed by atoms with Gasteiger partial charge >= 0.3 is 0 Å². The van der Waals surface area contributed by atoms with Crippen LogP contribution in [0, 0.1) is 0 Å². The Morgan fingerprint density at radius 1 is 0.771 bits per heavy atom. The average molecular weight is 466 g/mol. The molecule has 6 heteroatoms. The van der Waals surface area contributed by atoms with Crippen LogP contribution >= 0.6 is 0 Å². The van der Waals surface area contributed by atoms with E-state index in [1.165, 1.54) is 22.0 Å². The van der Waals surface area contributed by atoms with E-state index in [4.69, 9.17) is 5.10 Å². The first-order valence-electron chi connectivity index (χ1n) is 12.3. The Labute approximate surface area is 206 Å². The highest BCUT2D eigenvalue weighted by Gasteiger charge is 2.21. The van der Waals surface area contributed by atoms with E-state index in [1.54, 1.807) is 0 Å². The standard InChI is InChI=1S/C29H31N5O/c1-2-28(35)30-21-23-12-14-24(15-13-23)33-16-18-34(19-17-33)29-26-11-7-6-10-25(26)27(31-32-29)20-22-8-4-3-5-9-22/h3-15H,2,16-21H2,1H3,(H,30,35). The van der Waals surface area contributed by atoms with Gasteiger partial charge in [0, 0.05) is 62.0 Å². The van der Waals surface area contributed by atoms with Gasteiger partial charge in [0.05, 0.1) is 5.69 Å². The van der Waals surface area contributed by atoms with Crippen LogP contribution in [-0.4, -0.2) is 42.3 Å². The molecule has 178 valence electrons. The summed E-state index contributed by atoms with van der Waals surface area (Å²) in [5.41, 5.74) is 4.59. The van der Waals surface area contributed by atoms with Crippen molar-refractivity contribution < 1.29 is 4.79 Å². The molecule has 1 aromatic heterocycles. The Morgan fingerprint density at radius 2 is 1.43 bits per heavy atom. The number of aromatic nitrogens is 2. The molecule has 3 aromatic carbocycles. The number of nitrogens with one attached hydrogen (secondary N) is 1. The number of hydrogen-bond acceptors (Lipinski definition) is 5. The van der Waals surface area contributed by atoms with Crippen LogP contribution in [0.5, 0.6) is 0 Å². The van der Waals surface area contributed by atoms with Gasteiger partial charge in [-0.15, -0.1) is 5.10 Å². The average Bonchev–Trinajstić information content (AvgIpc) is 2.93. The lowest BCUT2D eigenvalue weighted by molar-refractivity contribution is -0.120. The number of piperazine rings is 1. The summed E-state index contributed by atoms with van der Waals surface area (Å²) >= 11 is 0. The third-order valence-corrected chi connectivity index (χ3v) is 6.65. The SMILES string of the molecule is CCC(=O)NCc1ccc(N2CCN(c3nnc(Cc4ccccc4)c4ccccc34)CC2)cc1. The molecule has 0 spiro atoms. The third-order valence-electron chi connectivity index (χ3n) is 6.65. The van der Waals surface area contributed by atoms with Crippen molar-refractivity contribution in [3.63, 3.8) is 0 Å². The number of fused-ring (bicyclic) bond motifs is 1. The lowest BCUT2D eigenvalue weighted by Gasteiger charge is -2.37. The molecule has 0 bridgehead atoms. The second-order valence-corrected chi connectivity index (χ2v) is 8.95. The summed E-state index contributed by atoms with van der Waals surface area (Å²) in [7, 11) is 0. The zero-order valence-electron chi connectivity index (χ0n) is 20.2. The van der Waals surface area contributed by atoms with Crippen molar-refractivity contribution in [2.45, 2.75) is 26.3 Å². The highest BCUT2D eigenvalue weighted by Crippen LogP contribution is 2.28. The molecule has 4 aromatic rings. The van der Waals surface area contributed by atoms with Crippen LogP contribution < -0.4 is 15.1 Å². The molecule has 0 saturated carbocycles. The number of carbonyl (C=O) groups excluding carboxylic acids is 1. The first kappa shape index (κ1) is 22.8. The maximum absolute atomic E-state index is 11.5. The molecule has 2 heterocycles. The Bertz CT molecular complexity index is 1280. The van der Waals surface area contributed by atoms with E-state index in [2.05, 4.69) is 93.0 Å². The lowest BCUT2D eigenvalue weighted by Crippen LogP contribution is -2.47. The maximum Gasteiger partial charge on any atom is 0.219 e. The normalized spacial score (nSPS) is 13.7. The van der Waals surface area contributed by atoms with Crippen LogP contribution in [0.4, 0.5) is 11.5 Å². The van der Waals surface area contributed by atoms with Gasteiger partial charge in [-0.3, -0.25) is 4.79 Å². The van der Waals surface area contributed by atoms with Gasteiger partial charge in [0.1, 0.15) is 0 Å².